The van der Waals surface area contributed by atoms with Crippen LogP contribution in [0.2, 0.25) is 5.02 Å². The maximum Gasteiger partial charge on any atom is 0.330 e. The number of carbonyl (C=O) groups excluding carboxylic acids is 1. The van der Waals surface area contributed by atoms with Crippen LogP contribution in [0, 0.1) is 0 Å². The molecule has 10 heteroatoms. The van der Waals surface area contributed by atoms with E-state index in [1.54, 1.807) is 0 Å². The number of hydrogen-bond acceptors (Lipinski definition) is 5. The second-order valence-electron chi connectivity index (χ2n) is 4.88. The summed E-state index contributed by atoms with van der Waals surface area (Å²) in [5.74, 6) is -2.21. The fourth-order valence-electron chi connectivity index (χ4n) is 1.80. The van der Waals surface area contributed by atoms with Crippen molar-refractivity contribution >= 4 is 33.5 Å². The number of carbonyl (C=O) groups is 2. The van der Waals surface area contributed by atoms with E-state index < -0.39 is 34.5 Å². The summed E-state index contributed by atoms with van der Waals surface area (Å²) >= 11 is 5.73. The van der Waals surface area contributed by atoms with Gasteiger partial charge in [-0.25, -0.2) is 17.9 Å². The minimum Gasteiger partial charge on any atom is -0.479 e. The van der Waals surface area contributed by atoms with Gasteiger partial charge in [-0.15, -0.1) is 0 Å². The zero-order valence-electron chi connectivity index (χ0n) is 13.0. The Morgan fingerprint density at radius 1 is 1.29 bits per heavy atom. The average molecular weight is 379 g/mol. The Balaban J connectivity index is 2.60. The van der Waals surface area contributed by atoms with Gasteiger partial charge in [0.25, 0.3) is 0 Å². The lowest BCUT2D eigenvalue weighted by Crippen LogP contribution is -2.41. The topological polar surface area (TPSA) is 122 Å². The number of ether oxygens (including phenoxy) is 1. The Morgan fingerprint density at radius 3 is 2.46 bits per heavy atom. The van der Waals surface area contributed by atoms with Crippen molar-refractivity contribution < 1.29 is 27.9 Å². The Labute approximate surface area is 145 Å². The van der Waals surface area contributed by atoms with Gasteiger partial charge in [0.05, 0.1) is 12.3 Å². The normalized spacial score (nSPS) is 12.6. The van der Waals surface area contributed by atoms with Crippen molar-refractivity contribution in [2.24, 2.45) is 0 Å². The first-order chi connectivity index (χ1) is 11.2. The third-order valence-electron chi connectivity index (χ3n) is 2.97. The number of carboxylic acid groups (broad SMARTS) is 1. The predicted octanol–water partition coefficient (Wildman–Crippen LogP) is 0.538. The van der Waals surface area contributed by atoms with E-state index in [9.17, 15) is 23.1 Å². The molecule has 0 bridgehead atoms. The molecule has 1 aromatic rings. The van der Waals surface area contributed by atoms with Gasteiger partial charge in [-0.2, -0.15) is 0 Å². The third kappa shape index (κ3) is 7.26. The zero-order valence-corrected chi connectivity index (χ0v) is 14.6. The van der Waals surface area contributed by atoms with Crippen LogP contribution in [-0.2, 0) is 24.3 Å². The lowest BCUT2D eigenvalue weighted by atomic mass is 10.1. The molecule has 1 amide bonds. The molecule has 0 aliphatic carbocycles. The van der Waals surface area contributed by atoms with Crippen molar-refractivity contribution in [2.75, 3.05) is 26.0 Å². The maximum atomic E-state index is 11.8. The highest BCUT2D eigenvalue weighted by Gasteiger charge is 2.22. The summed E-state index contributed by atoms with van der Waals surface area (Å²) in [6.07, 6.45) is 0.288. The summed E-state index contributed by atoms with van der Waals surface area (Å²) in [7, 11) is -2.18. The van der Waals surface area contributed by atoms with Crippen LogP contribution in [-0.4, -0.2) is 51.4 Å². The van der Waals surface area contributed by atoms with Crippen LogP contribution in [0.25, 0.3) is 0 Å². The van der Waals surface area contributed by atoms with Gasteiger partial charge in [0.15, 0.2) is 6.04 Å². The molecule has 1 atom stereocenters. The van der Waals surface area contributed by atoms with Crippen LogP contribution < -0.4 is 10.0 Å². The second-order valence-corrected chi connectivity index (χ2v) is 7.24. The largest absolute Gasteiger partial charge is 0.479 e. The minimum absolute atomic E-state index is 0.187. The van der Waals surface area contributed by atoms with Crippen LogP contribution in [0.5, 0.6) is 0 Å². The van der Waals surface area contributed by atoms with Crippen LogP contribution >= 0.6 is 11.6 Å². The van der Waals surface area contributed by atoms with Gasteiger partial charge >= 0.3 is 5.97 Å². The van der Waals surface area contributed by atoms with Gasteiger partial charge < -0.3 is 15.2 Å². The van der Waals surface area contributed by atoms with Gasteiger partial charge in [-0.1, -0.05) is 23.7 Å². The van der Waals surface area contributed by atoms with E-state index in [4.69, 9.17) is 16.3 Å². The lowest BCUT2D eigenvalue weighted by Gasteiger charge is -2.15. The Bertz CT molecular complexity index is 662. The molecular formula is C14H19ClN2O6S. The number of aliphatic carboxylic acids is 1. The Morgan fingerprint density at radius 2 is 1.92 bits per heavy atom. The van der Waals surface area contributed by atoms with E-state index in [0.717, 1.165) is 0 Å². The molecule has 0 fully saturated rings. The second kappa shape index (κ2) is 9.58. The highest BCUT2D eigenvalue weighted by atomic mass is 35.5. The monoisotopic (exact) mass is 378 g/mol. The molecule has 3 N–H and O–H groups in total. The number of benzene rings is 1. The molecule has 0 saturated carbocycles. The molecule has 24 heavy (non-hydrogen) atoms. The van der Waals surface area contributed by atoms with Gasteiger partial charge in [-0.3, -0.25) is 4.79 Å². The van der Waals surface area contributed by atoms with Gasteiger partial charge in [-0.05, 0) is 24.1 Å². The number of nitrogens with one attached hydrogen (secondary N) is 2. The van der Waals surface area contributed by atoms with Crippen molar-refractivity contribution in [2.45, 2.75) is 12.5 Å². The summed E-state index contributed by atoms with van der Waals surface area (Å²) in [5.41, 5.74) is 0.322. The summed E-state index contributed by atoms with van der Waals surface area (Å²) in [6.45, 7) is -0.266. The Kier molecular flexibility index (Phi) is 8.13. The number of methoxy groups -OCH3 is 1. The first-order valence-electron chi connectivity index (χ1n) is 6.99. The number of halogens is 1. The highest BCUT2D eigenvalue weighted by molar-refractivity contribution is 7.89. The molecule has 0 spiro atoms. The van der Waals surface area contributed by atoms with E-state index >= 15 is 0 Å². The molecule has 134 valence electrons. The first kappa shape index (κ1) is 20.4. The van der Waals surface area contributed by atoms with Crippen LogP contribution in [0.4, 0.5) is 0 Å². The van der Waals surface area contributed by atoms with E-state index in [1.807, 2.05) is 0 Å². The third-order valence-corrected chi connectivity index (χ3v) is 4.63. The van der Waals surface area contributed by atoms with Crippen LogP contribution in [0.15, 0.2) is 24.3 Å². The average Bonchev–Trinajstić information content (AvgIpc) is 2.52. The van der Waals surface area contributed by atoms with Gasteiger partial charge in [0.1, 0.15) is 0 Å². The van der Waals surface area contributed by atoms with E-state index in [2.05, 4.69) is 10.0 Å². The van der Waals surface area contributed by atoms with E-state index in [1.165, 1.54) is 31.4 Å². The SMILES string of the molecule is COCCCS(=O)(=O)NCC(=O)NC(C(=O)O)c1ccc(Cl)cc1. The van der Waals surface area contributed by atoms with Crippen molar-refractivity contribution in [1.29, 1.82) is 0 Å². The standard InChI is InChI=1S/C14H19ClN2O6S/c1-23-7-2-8-24(21,22)16-9-12(18)17-13(14(19)20)10-3-5-11(15)6-4-10/h3-6,13,16H,2,7-9H2,1H3,(H,17,18)(H,19,20). The fourth-order valence-corrected chi connectivity index (χ4v) is 2.92. The molecule has 0 radical (unpaired) electrons. The summed E-state index contributed by atoms with van der Waals surface area (Å²) in [5, 5.41) is 11.9. The predicted molar refractivity (Wildman–Crippen MR) is 88.3 cm³/mol. The molecule has 8 nitrogen and oxygen atoms in total. The number of hydrogen-bond donors (Lipinski definition) is 3. The molecular weight excluding hydrogens is 360 g/mol. The van der Waals surface area contributed by atoms with Crippen molar-refractivity contribution in [3.8, 4) is 0 Å². The maximum absolute atomic E-state index is 11.8. The molecule has 0 heterocycles. The molecule has 0 aliphatic heterocycles. The minimum atomic E-state index is -3.63. The fraction of sp³-hybridized carbons (Fsp3) is 0.429. The smallest absolute Gasteiger partial charge is 0.330 e. The number of sulfonamides is 1. The van der Waals surface area contributed by atoms with Gasteiger partial charge in [0, 0.05) is 18.7 Å². The zero-order chi connectivity index (χ0) is 18.2. The number of rotatable bonds is 10. The quantitative estimate of drug-likeness (QED) is 0.511. The molecule has 0 aromatic heterocycles. The van der Waals surface area contributed by atoms with Crippen molar-refractivity contribution in [1.82, 2.24) is 10.0 Å². The number of carboxylic acids is 1. The van der Waals surface area contributed by atoms with Crippen LogP contribution in [0.3, 0.4) is 0 Å². The molecule has 1 rings (SSSR count). The van der Waals surface area contributed by atoms with Gasteiger partial charge in [0.2, 0.25) is 15.9 Å². The van der Waals surface area contributed by atoms with Crippen LogP contribution in [0.1, 0.15) is 18.0 Å². The first-order valence-corrected chi connectivity index (χ1v) is 9.02. The molecule has 0 saturated heterocycles. The highest BCUT2D eigenvalue weighted by Crippen LogP contribution is 2.16. The number of amides is 1. The summed E-state index contributed by atoms with van der Waals surface area (Å²) in [6, 6.07) is 4.63. The van der Waals surface area contributed by atoms with Crippen molar-refractivity contribution in [3.05, 3.63) is 34.9 Å². The van der Waals surface area contributed by atoms with E-state index in [-0.39, 0.29) is 18.8 Å². The van der Waals surface area contributed by atoms with Crippen molar-refractivity contribution in [3.63, 3.8) is 0 Å². The van der Waals surface area contributed by atoms with E-state index in [0.29, 0.717) is 10.6 Å². The molecule has 1 aromatic carbocycles. The Hall–Kier alpha value is -1.68. The summed E-state index contributed by atoms with van der Waals surface area (Å²) < 4.78 is 30.2. The lowest BCUT2D eigenvalue weighted by molar-refractivity contribution is -0.141. The molecule has 1 unspecified atom stereocenters. The summed E-state index contributed by atoms with van der Waals surface area (Å²) in [4.78, 5) is 23.1. The molecule has 0 aliphatic rings.